The van der Waals surface area contributed by atoms with E-state index in [9.17, 15) is 0 Å². The lowest BCUT2D eigenvalue weighted by atomic mass is 10.0. The van der Waals surface area contributed by atoms with Crippen molar-refractivity contribution in [2.75, 3.05) is 34.3 Å². The summed E-state index contributed by atoms with van der Waals surface area (Å²) in [4.78, 5) is 2.24. The Hall–Kier alpha value is -1.06. The predicted molar refractivity (Wildman–Crippen MR) is 82.0 cm³/mol. The third-order valence-electron chi connectivity index (χ3n) is 3.22. The van der Waals surface area contributed by atoms with Gasteiger partial charge in [0.1, 0.15) is 5.75 Å². The third kappa shape index (κ3) is 6.60. The SMILES string of the molecule is CCCNC(CCN(C)C)Cc1cccc(OC)c1. The Morgan fingerprint density at radius 3 is 2.74 bits per heavy atom. The van der Waals surface area contributed by atoms with Gasteiger partial charge in [-0.25, -0.2) is 0 Å². The Bertz CT molecular complexity index is 352. The van der Waals surface area contributed by atoms with Gasteiger partial charge in [0, 0.05) is 6.04 Å². The summed E-state index contributed by atoms with van der Waals surface area (Å²) in [6.45, 7) is 4.41. The fraction of sp³-hybridized carbons (Fsp3) is 0.625. The molecule has 0 fully saturated rings. The van der Waals surface area contributed by atoms with Crippen LogP contribution in [0.2, 0.25) is 0 Å². The van der Waals surface area contributed by atoms with Crippen molar-refractivity contribution in [3.05, 3.63) is 29.8 Å². The Balaban J connectivity index is 2.58. The first kappa shape index (κ1) is 16.0. The van der Waals surface area contributed by atoms with Crippen LogP contribution >= 0.6 is 0 Å². The molecule has 0 aliphatic rings. The van der Waals surface area contributed by atoms with Gasteiger partial charge in [0.2, 0.25) is 0 Å². The van der Waals surface area contributed by atoms with Gasteiger partial charge in [-0.2, -0.15) is 0 Å². The van der Waals surface area contributed by atoms with Crippen LogP contribution in [0.25, 0.3) is 0 Å². The van der Waals surface area contributed by atoms with Crippen molar-refractivity contribution in [2.24, 2.45) is 0 Å². The lowest BCUT2D eigenvalue weighted by molar-refractivity contribution is 0.356. The molecule has 0 amide bonds. The molecule has 1 rings (SSSR count). The van der Waals surface area contributed by atoms with E-state index < -0.39 is 0 Å². The summed E-state index contributed by atoms with van der Waals surface area (Å²) in [6.07, 6.45) is 3.41. The second kappa shape index (κ2) is 8.94. The minimum absolute atomic E-state index is 0.537. The average molecular weight is 264 g/mol. The summed E-state index contributed by atoms with van der Waals surface area (Å²) in [6, 6.07) is 8.92. The Kier molecular flexibility index (Phi) is 7.53. The molecule has 1 aromatic rings. The van der Waals surface area contributed by atoms with Crippen molar-refractivity contribution in [2.45, 2.75) is 32.2 Å². The lowest BCUT2D eigenvalue weighted by Crippen LogP contribution is -2.34. The van der Waals surface area contributed by atoms with Gasteiger partial charge in [0.15, 0.2) is 0 Å². The van der Waals surface area contributed by atoms with Gasteiger partial charge in [-0.15, -0.1) is 0 Å². The van der Waals surface area contributed by atoms with E-state index >= 15 is 0 Å². The number of methoxy groups -OCH3 is 1. The standard InChI is InChI=1S/C16H28N2O/c1-5-10-17-15(9-11-18(2)3)12-14-7-6-8-16(13-14)19-4/h6-8,13,15,17H,5,9-12H2,1-4H3. The van der Waals surface area contributed by atoms with E-state index in [1.165, 1.54) is 18.4 Å². The summed E-state index contributed by atoms with van der Waals surface area (Å²) in [7, 11) is 5.98. The van der Waals surface area contributed by atoms with Crippen LogP contribution in [0.1, 0.15) is 25.3 Å². The molecule has 3 nitrogen and oxygen atoms in total. The second-order valence-electron chi connectivity index (χ2n) is 5.30. The van der Waals surface area contributed by atoms with E-state index in [4.69, 9.17) is 4.74 Å². The van der Waals surface area contributed by atoms with Gasteiger partial charge >= 0.3 is 0 Å². The maximum Gasteiger partial charge on any atom is 0.119 e. The van der Waals surface area contributed by atoms with Crippen LogP contribution in [0.4, 0.5) is 0 Å². The van der Waals surface area contributed by atoms with Gasteiger partial charge in [-0.1, -0.05) is 19.1 Å². The van der Waals surface area contributed by atoms with Crippen molar-refractivity contribution >= 4 is 0 Å². The quantitative estimate of drug-likeness (QED) is 0.742. The van der Waals surface area contributed by atoms with Gasteiger partial charge < -0.3 is 15.0 Å². The molecule has 0 radical (unpaired) electrons. The van der Waals surface area contributed by atoms with Crippen LogP contribution in [-0.2, 0) is 6.42 Å². The van der Waals surface area contributed by atoms with Crippen molar-refractivity contribution in [1.82, 2.24) is 10.2 Å². The van der Waals surface area contributed by atoms with Gasteiger partial charge in [0.25, 0.3) is 0 Å². The number of hydrogen-bond donors (Lipinski definition) is 1. The largest absolute Gasteiger partial charge is 0.497 e. The molecule has 0 aliphatic carbocycles. The first-order valence-corrected chi connectivity index (χ1v) is 7.16. The predicted octanol–water partition coefficient (Wildman–Crippen LogP) is 2.56. The summed E-state index contributed by atoms with van der Waals surface area (Å²) < 4.78 is 5.29. The molecular formula is C16H28N2O. The summed E-state index contributed by atoms with van der Waals surface area (Å²) in [5.74, 6) is 0.944. The molecule has 1 atom stereocenters. The molecule has 0 heterocycles. The molecule has 0 spiro atoms. The normalized spacial score (nSPS) is 12.7. The van der Waals surface area contributed by atoms with Crippen molar-refractivity contribution < 1.29 is 4.74 Å². The number of hydrogen-bond acceptors (Lipinski definition) is 3. The van der Waals surface area contributed by atoms with E-state index in [0.29, 0.717) is 6.04 Å². The van der Waals surface area contributed by atoms with Crippen molar-refractivity contribution in [3.63, 3.8) is 0 Å². The molecule has 1 unspecified atom stereocenters. The van der Waals surface area contributed by atoms with Crippen LogP contribution in [0.15, 0.2) is 24.3 Å². The van der Waals surface area contributed by atoms with E-state index in [1.54, 1.807) is 7.11 Å². The van der Waals surface area contributed by atoms with Crippen LogP contribution in [0, 0.1) is 0 Å². The number of ether oxygens (including phenoxy) is 1. The summed E-state index contributed by atoms with van der Waals surface area (Å²) >= 11 is 0. The fourth-order valence-corrected chi connectivity index (χ4v) is 2.12. The smallest absolute Gasteiger partial charge is 0.119 e. The summed E-state index contributed by atoms with van der Waals surface area (Å²) in [5.41, 5.74) is 1.34. The zero-order valence-corrected chi connectivity index (χ0v) is 12.8. The monoisotopic (exact) mass is 264 g/mol. The van der Waals surface area contributed by atoms with Crippen molar-refractivity contribution in [3.8, 4) is 5.75 Å². The Morgan fingerprint density at radius 2 is 2.11 bits per heavy atom. The van der Waals surface area contributed by atoms with E-state index in [-0.39, 0.29) is 0 Å². The first-order chi connectivity index (χ1) is 9.15. The molecule has 1 aromatic carbocycles. The van der Waals surface area contributed by atoms with Crippen LogP contribution in [0.5, 0.6) is 5.75 Å². The average Bonchev–Trinajstić information content (AvgIpc) is 2.42. The van der Waals surface area contributed by atoms with Crippen LogP contribution in [-0.4, -0.2) is 45.2 Å². The van der Waals surface area contributed by atoms with Crippen LogP contribution < -0.4 is 10.1 Å². The molecule has 1 N–H and O–H groups in total. The molecule has 0 saturated carbocycles. The molecular weight excluding hydrogens is 236 g/mol. The highest BCUT2D eigenvalue weighted by Gasteiger charge is 2.09. The molecule has 19 heavy (non-hydrogen) atoms. The van der Waals surface area contributed by atoms with Gasteiger partial charge in [0.05, 0.1) is 7.11 Å². The minimum atomic E-state index is 0.537. The number of nitrogens with one attached hydrogen (secondary N) is 1. The maximum atomic E-state index is 5.29. The molecule has 0 aromatic heterocycles. The highest BCUT2D eigenvalue weighted by molar-refractivity contribution is 5.28. The number of benzene rings is 1. The van der Waals surface area contributed by atoms with Crippen LogP contribution in [0.3, 0.4) is 0 Å². The lowest BCUT2D eigenvalue weighted by Gasteiger charge is -2.21. The zero-order chi connectivity index (χ0) is 14.1. The van der Waals surface area contributed by atoms with E-state index in [1.807, 2.05) is 6.07 Å². The molecule has 0 saturated heterocycles. The fourth-order valence-electron chi connectivity index (χ4n) is 2.12. The topological polar surface area (TPSA) is 24.5 Å². The highest BCUT2D eigenvalue weighted by atomic mass is 16.5. The van der Waals surface area contributed by atoms with Gasteiger partial charge in [-0.3, -0.25) is 0 Å². The highest BCUT2D eigenvalue weighted by Crippen LogP contribution is 2.15. The third-order valence-corrected chi connectivity index (χ3v) is 3.22. The van der Waals surface area contributed by atoms with E-state index in [0.717, 1.165) is 25.3 Å². The molecule has 3 heteroatoms. The zero-order valence-electron chi connectivity index (χ0n) is 12.8. The first-order valence-electron chi connectivity index (χ1n) is 7.16. The van der Waals surface area contributed by atoms with Crippen molar-refractivity contribution in [1.29, 1.82) is 0 Å². The van der Waals surface area contributed by atoms with E-state index in [2.05, 4.69) is 49.4 Å². The number of nitrogens with zero attached hydrogens (tertiary/aromatic N) is 1. The second-order valence-corrected chi connectivity index (χ2v) is 5.30. The van der Waals surface area contributed by atoms with Gasteiger partial charge in [-0.05, 0) is 64.1 Å². The summed E-state index contributed by atoms with van der Waals surface area (Å²) in [5, 5.41) is 3.64. The molecule has 108 valence electrons. The molecule has 0 aliphatic heterocycles. The number of rotatable bonds is 9. The molecule has 0 bridgehead atoms. The Morgan fingerprint density at radius 1 is 1.32 bits per heavy atom. The Labute approximate surface area is 118 Å². The maximum absolute atomic E-state index is 5.29. The minimum Gasteiger partial charge on any atom is -0.497 e.